The summed E-state index contributed by atoms with van der Waals surface area (Å²) in [7, 11) is 4.01. The van der Waals surface area contributed by atoms with Gasteiger partial charge in [-0.25, -0.2) is 4.98 Å². The highest BCUT2D eigenvalue weighted by Crippen LogP contribution is 2.26. The number of anilines is 1. The topological polar surface area (TPSA) is 73.5 Å². The van der Waals surface area contributed by atoms with Crippen LogP contribution in [-0.2, 0) is 4.74 Å². The van der Waals surface area contributed by atoms with Crippen LogP contribution in [-0.4, -0.2) is 55.3 Å². The Morgan fingerprint density at radius 1 is 1.19 bits per heavy atom. The summed E-state index contributed by atoms with van der Waals surface area (Å²) in [4.78, 5) is 10.4. The Bertz CT molecular complexity index is 607. The number of rotatable bonds is 7. The van der Waals surface area contributed by atoms with E-state index in [0.29, 0.717) is 25.7 Å². The normalized spacial score (nSPS) is 11.2. The zero-order chi connectivity index (χ0) is 15.2. The first-order chi connectivity index (χ1) is 10.1. The van der Waals surface area contributed by atoms with Gasteiger partial charge >= 0.3 is 0 Å². The number of hydrogen-bond acceptors (Lipinski definition) is 6. The van der Waals surface area contributed by atoms with Crippen LogP contribution < -0.4 is 10.5 Å². The van der Waals surface area contributed by atoms with Crippen LogP contribution in [0.5, 0.6) is 5.88 Å². The molecule has 0 aliphatic rings. The van der Waals surface area contributed by atoms with Gasteiger partial charge in [0.2, 0.25) is 11.8 Å². The van der Waals surface area contributed by atoms with Crippen LogP contribution in [0, 0.1) is 0 Å². The molecule has 1 aromatic carbocycles. The van der Waals surface area contributed by atoms with Gasteiger partial charge < -0.3 is 20.1 Å². The summed E-state index contributed by atoms with van der Waals surface area (Å²) < 4.78 is 12.1. The maximum absolute atomic E-state index is 5.70. The number of nitrogens with zero attached hydrogens (tertiary/aromatic N) is 3. The highest BCUT2D eigenvalue weighted by atomic mass is 79.9. The van der Waals surface area contributed by atoms with E-state index < -0.39 is 0 Å². The fourth-order valence-electron chi connectivity index (χ4n) is 1.75. The number of benzene rings is 1. The molecule has 0 atom stereocenters. The van der Waals surface area contributed by atoms with Crippen LogP contribution in [0.2, 0.25) is 0 Å². The van der Waals surface area contributed by atoms with Gasteiger partial charge in [-0.15, -0.1) is 0 Å². The van der Waals surface area contributed by atoms with Crippen molar-refractivity contribution < 1.29 is 9.47 Å². The van der Waals surface area contributed by atoms with E-state index in [4.69, 9.17) is 15.2 Å². The number of nitrogen functional groups attached to an aromatic ring is 1. The molecule has 21 heavy (non-hydrogen) atoms. The number of fused-ring (bicyclic) bond motifs is 1. The number of hydrogen-bond donors (Lipinski definition) is 1. The molecule has 0 aliphatic heterocycles. The molecule has 0 fully saturated rings. The Labute approximate surface area is 132 Å². The van der Waals surface area contributed by atoms with Gasteiger partial charge in [-0.3, -0.25) is 0 Å². The van der Waals surface area contributed by atoms with E-state index in [1.54, 1.807) is 0 Å². The predicted molar refractivity (Wildman–Crippen MR) is 86.5 cm³/mol. The largest absolute Gasteiger partial charge is 0.475 e. The lowest BCUT2D eigenvalue weighted by Crippen LogP contribution is -2.19. The van der Waals surface area contributed by atoms with Crippen molar-refractivity contribution in [1.82, 2.24) is 14.9 Å². The smallest absolute Gasteiger partial charge is 0.226 e. The molecule has 2 rings (SSSR count). The molecule has 0 spiro atoms. The van der Waals surface area contributed by atoms with Crippen LogP contribution in [0.4, 0.5) is 5.95 Å². The summed E-state index contributed by atoms with van der Waals surface area (Å²) in [5.41, 5.74) is 6.46. The lowest BCUT2D eigenvalue weighted by molar-refractivity contribution is 0.0881. The first-order valence-corrected chi connectivity index (χ1v) is 7.43. The molecule has 0 unspecified atom stereocenters. The Hall–Kier alpha value is -1.44. The Morgan fingerprint density at radius 2 is 2.00 bits per heavy atom. The third-order valence-electron chi connectivity index (χ3n) is 2.79. The average molecular weight is 355 g/mol. The van der Waals surface area contributed by atoms with Crippen LogP contribution >= 0.6 is 15.9 Å². The van der Waals surface area contributed by atoms with Crippen molar-refractivity contribution in [3.05, 3.63) is 22.7 Å². The minimum atomic E-state index is 0.202. The molecule has 7 heteroatoms. The van der Waals surface area contributed by atoms with E-state index >= 15 is 0 Å². The van der Waals surface area contributed by atoms with Crippen LogP contribution in [0.3, 0.4) is 0 Å². The molecule has 2 aromatic rings. The van der Waals surface area contributed by atoms with Crippen molar-refractivity contribution in [1.29, 1.82) is 0 Å². The quantitative estimate of drug-likeness (QED) is 0.765. The second kappa shape index (κ2) is 7.53. The minimum absolute atomic E-state index is 0.202. The van der Waals surface area contributed by atoms with E-state index in [9.17, 15) is 0 Å². The third kappa shape index (κ3) is 4.80. The standard InChI is InChI=1S/C14H19BrN4O2/c1-19(2)5-6-20-7-8-21-13-11-9-10(15)3-4-12(11)17-14(16)18-13/h3-4,9H,5-8H2,1-2H3,(H2,16,17,18). The SMILES string of the molecule is CN(C)CCOCCOc1nc(N)nc2ccc(Br)cc12. The molecule has 0 aliphatic carbocycles. The molecular formula is C14H19BrN4O2. The molecule has 0 bridgehead atoms. The van der Waals surface area contributed by atoms with Crippen molar-refractivity contribution in [3.8, 4) is 5.88 Å². The van der Waals surface area contributed by atoms with Gasteiger partial charge in [-0.1, -0.05) is 15.9 Å². The first-order valence-electron chi connectivity index (χ1n) is 6.64. The molecule has 0 radical (unpaired) electrons. The van der Waals surface area contributed by atoms with E-state index in [0.717, 1.165) is 21.9 Å². The lowest BCUT2D eigenvalue weighted by Gasteiger charge is -2.11. The summed E-state index contributed by atoms with van der Waals surface area (Å²) in [5.74, 6) is 0.684. The van der Waals surface area contributed by atoms with E-state index in [1.807, 2.05) is 32.3 Å². The zero-order valence-electron chi connectivity index (χ0n) is 12.2. The van der Waals surface area contributed by atoms with Crippen LogP contribution in [0.1, 0.15) is 0 Å². The number of aromatic nitrogens is 2. The number of nitrogens with two attached hydrogens (primary N) is 1. The average Bonchev–Trinajstić information content (AvgIpc) is 2.42. The van der Waals surface area contributed by atoms with Crippen LogP contribution in [0.15, 0.2) is 22.7 Å². The third-order valence-corrected chi connectivity index (χ3v) is 3.28. The van der Waals surface area contributed by atoms with Crippen molar-refractivity contribution >= 4 is 32.8 Å². The van der Waals surface area contributed by atoms with E-state index in [2.05, 4.69) is 30.8 Å². The van der Waals surface area contributed by atoms with Gasteiger partial charge in [-0.05, 0) is 32.3 Å². The second-order valence-corrected chi connectivity index (χ2v) is 5.73. The molecule has 6 nitrogen and oxygen atoms in total. The molecule has 2 N–H and O–H groups in total. The number of likely N-dealkylation sites (N-methyl/N-ethyl adjacent to an activating group) is 1. The first kappa shape index (κ1) is 15.9. The maximum atomic E-state index is 5.70. The molecule has 0 amide bonds. The second-order valence-electron chi connectivity index (χ2n) is 4.81. The molecule has 0 saturated heterocycles. The molecule has 0 saturated carbocycles. The zero-order valence-corrected chi connectivity index (χ0v) is 13.8. The number of halogens is 1. The molecule has 114 valence electrons. The summed E-state index contributed by atoms with van der Waals surface area (Å²) in [6.45, 7) is 2.49. The van der Waals surface area contributed by atoms with Gasteiger partial charge in [0.25, 0.3) is 0 Å². The summed E-state index contributed by atoms with van der Waals surface area (Å²) in [6.07, 6.45) is 0. The molecular weight excluding hydrogens is 336 g/mol. The maximum Gasteiger partial charge on any atom is 0.226 e. The highest BCUT2D eigenvalue weighted by Gasteiger charge is 2.08. The van der Waals surface area contributed by atoms with Gasteiger partial charge in [0.1, 0.15) is 6.61 Å². The van der Waals surface area contributed by atoms with Crippen molar-refractivity contribution in [3.63, 3.8) is 0 Å². The Kier molecular flexibility index (Phi) is 5.72. The summed E-state index contributed by atoms with van der Waals surface area (Å²) >= 11 is 3.43. The van der Waals surface area contributed by atoms with Crippen molar-refractivity contribution in [2.75, 3.05) is 46.2 Å². The fraction of sp³-hybridized carbons (Fsp3) is 0.429. The molecule has 1 heterocycles. The number of ether oxygens (including phenoxy) is 2. The Balaban J connectivity index is 1.96. The van der Waals surface area contributed by atoms with Crippen LogP contribution in [0.25, 0.3) is 10.9 Å². The van der Waals surface area contributed by atoms with Crippen molar-refractivity contribution in [2.24, 2.45) is 0 Å². The predicted octanol–water partition coefficient (Wildman–Crippen LogP) is 1.93. The van der Waals surface area contributed by atoms with Gasteiger partial charge in [0.05, 0.1) is 24.1 Å². The lowest BCUT2D eigenvalue weighted by atomic mass is 10.2. The van der Waals surface area contributed by atoms with Gasteiger partial charge in [0.15, 0.2) is 0 Å². The van der Waals surface area contributed by atoms with E-state index in [-0.39, 0.29) is 5.95 Å². The minimum Gasteiger partial charge on any atom is -0.475 e. The van der Waals surface area contributed by atoms with Crippen molar-refractivity contribution in [2.45, 2.75) is 0 Å². The van der Waals surface area contributed by atoms with Gasteiger partial charge in [0, 0.05) is 11.0 Å². The summed E-state index contributed by atoms with van der Waals surface area (Å²) in [5, 5.41) is 0.826. The Morgan fingerprint density at radius 3 is 2.76 bits per heavy atom. The molecule has 1 aromatic heterocycles. The summed E-state index contributed by atoms with van der Waals surface area (Å²) in [6, 6.07) is 5.69. The highest BCUT2D eigenvalue weighted by molar-refractivity contribution is 9.10. The van der Waals surface area contributed by atoms with E-state index in [1.165, 1.54) is 0 Å². The monoisotopic (exact) mass is 354 g/mol. The van der Waals surface area contributed by atoms with Gasteiger partial charge in [-0.2, -0.15) is 4.98 Å². The fourth-order valence-corrected chi connectivity index (χ4v) is 2.11.